The Morgan fingerprint density at radius 1 is 0.880 bits per heavy atom. The van der Waals surface area contributed by atoms with E-state index in [-0.39, 0.29) is 12.3 Å². The maximum absolute atomic E-state index is 11.9. The molecule has 0 aromatic carbocycles. The highest BCUT2D eigenvalue weighted by atomic mass is 16.6. The molecule has 0 spiro atoms. The van der Waals surface area contributed by atoms with Gasteiger partial charge in [-0.15, -0.1) is 0 Å². The number of hydrogen-bond acceptors (Lipinski definition) is 6. The molecule has 0 aromatic rings. The molecule has 4 rings (SSSR count). The first-order valence-corrected chi connectivity index (χ1v) is 9.74. The van der Waals surface area contributed by atoms with E-state index in [0.29, 0.717) is 49.1 Å². The van der Waals surface area contributed by atoms with Crippen LogP contribution in [0.3, 0.4) is 0 Å². The van der Waals surface area contributed by atoms with Gasteiger partial charge in [-0.3, -0.25) is 0 Å². The van der Waals surface area contributed by atoms with E-state index in [0.717, 1.165) is 38.5 Å². The Bertz CT molecular complexity index is 506. The molecule has 140 valence electrons. The first-order chi connectivity index (χ1) is 12.0. The van der Waals surface area contributed by atoms with Gasteiger partial charge >= 0.3 is 0 Å². The average Bonchev–Trinajstić information content (AvgIpc) is 3.46. The van der Waals surface area contributed by atoms with Crippen LogP contribution in [0.15, 0.2) is 0 Å². The lowest BCUT2D eigenvalue weighted by Crippen LogP contribution is -2.44. The molecule has 0 amide bonds. The van der Waals surface area contributed by atoms with Crippen LogP contribution in [0.5, 0.6) is 0 Å². The third-order valence-electron chi connectivity index (χ3n) is 6.84. The number of fused-ring (bicyclic) bond motifs is 2. The molecule has 7 unspecified atom stereocenters. The zero-order valence-corrected chi connectivity index (χ0v) is 14.4. The van der Waals surface area contributed by atoms with Crippen LogP contribution in [0.2, 0.25) is 0 Å². The lowest BCUT2D eigenvalue weighted by atomic mass is 9.64. The average molecular weight is 350 g/mol. The highest BCUT2D eigenvalue weighted by Crippen LogP contribution is 2.51. The van der Waals surface area contributed by atoms with Gasteiger partial charge in [0.15, 0.2) is 0 Å². The van der Waals surface area contributed by atoms with Gasteiger partial charge < -0.3 is 29.3 Å². The van der Waals surface area contributed by atoms with Crippen LogP contribution in [-0.4, -0.2) is 36.4 Å². The molecule has 25 heavy (non-hydrogen) atoms. The first kappa shape index (κ1) is 17.3. The Kier molecular flexibility index (Phi) is 4.75. The maximum Gasteiger partial charge on any atom is 0.0844 e. The van der Waals surface area contributed by atoms with Gasteiger partial charge in [0.25, 0.3) is 0 Å². The maximum atomic E-state index is 11.9. The Morgan fingerprint density at radius 2 is 1.44 bits per heavy atom. The van der Waals surface area contributed by atoms with Gasteiger partial charge in [0.2, 0.25) is 0 Å². The van der Waals surface area contributed by atoms with Crippen LogP contribution >= 0.6 is 0 Å². The van der Waals surface area contributed by atoms with Gasteiger partial charge in [-0.1, -0.05) is 0 Å². The van der Waals surface area contributed by atoms with Crippen molar-refractivity contribution < 1.29 is 29.3 Å². The van der Waals surface area contributed by atoms with Crippen molar-refractivity contribution in [1.29, 1.82) is 0 Å². The van der Waals surface area contributed by atoms with Crippen molar-refractivity contribution in [2.45, 2.75) is 82.2 Å². The van der Waals surface area contributed by atoms with Gasteiger partial charge in [-0.05, 0) is 75.5 Å². The second-order valence-electron chi connectivity index (χ2n) is 8.34. The summed E-state index contributed by atoms with van der Waals surface area (Å²) in [6.07, 6.45) is 7.89. The van der Waals surface area contributed by atoms with Crippen molar-refractivity contribution in [3.8, 4) is 0 Å². The van der Waals surface area contributed by atoms with E-state index in [1.807, 2.05) is 0 Å². The third-order valence-corrected chi connectivity index (χ3v) is 6.84. The molecule has 0 bridgehead atoms. The topological polar surface area (TPSA) is 105 Å². The van der Waals surface area contributed by atoms with Crippen LogP contribution in [0.25, 0.3) is 0 Å². The van der Waals surface area contributed by atoms with E-state index in [9.17, 15) is 19.8 Å². The summed E-state index contributed by atoms with van der Waals surface area (Å²) in [7, 11) is 0. The number of carboxylic acid groups (broad SMARTS) is 2. The zero-order valence-electron chi connectivity index (χ0n) is 14.4. The summed E-state index contributed by atoms with van der Waals surface area (Å²) in [4.78, 5) is 22.7. The third kappa shape index (κ3) is 3.85. The van der Waals surface area contributed by atoms with E-state index < -0.39 is 17.9 Å². The van der Waals surface area contributed by atoms with Crippen molar-refractivity contribution in [1.82, 2.24) is 0 Å². The summed E-state index contributed by atoms with van der Waals surface area (Å²) in [5, 5.41) is 22.7. The largest absolute Gasteiger partial charge is 0.550 e. The highest BCUT2D eigenvalue weighted by molar-refractivity contribution is 5.68. The normalized spacial score (nSPS) is 41.1. The van der Waals surface area contributed by atoms with Crippen molar-refractivity contribution in [3.05, 3.63) is 0 Å². The van der Waals surface area contributed by atoms with Crippen LogP contribution in [0.1, 0.15) is 57.8 Å². The van der Waals surface area contributed by atoms with Gasteiger partial charge in [-0.25, -0.2) is 0 Å². The molecule has 2 heterocycles. The molecule has 0 N–H and O–H groups in total. The number of carboxylic acids is 2. The van der Waals surface area contributed by atoms with Crippen molar-refractivity contribution in [2.24, 2.45) is 23.7 Å². The lowest BCUT2D eigenvalue weighted by Gasteiger charge is -2.41. The molecule has 2 aliphatic heterocycles. The number of epoxide rings is 2. The quantitative estimate of drug-likeness (QED) is 0.572. The zero-order chi connectivity index (χ0) is 17.6. The van der Waals surface area contributed by atoms with E-state index in [4.69, 9.17) is 9.47 Å². The molecule has 2 saturated heterocycles. The van der Waals surface area contributed by atoms with Crippen LogP contribution in [0.4, 0.5) is 0 Å². The van der Waals surface area contributed by atoms with E-state index >= 15 is 0 Å². The Hall–Kier alpha value is -1.14. The Labute approximate surface area is 147 Å². The molecule has 4 fully saturated rings. The molecule has 2 saturated carbocycles. The van der Waals surface area contributed by atoms with Crippen molar-refractivity contribution >= 4 is 11.9 Å². The summed E-state index contributed by atoms with van der Waals surface area (Å²) < 4.78 is 11.3. The molecule has 0 aromatic heterocycles. The Balaban J connectivity index is 1.48. The molecule has 7 atom stereocenters. The number of hydrogen-bond donors (Lipinski definition) is 0. The van der Waals surface area contributed by atoms with Crippen LogP contribution < -0.4 is 10.2 Å². The SMILES string of the molecule is O=C([O-])CCCC(C(=O)[O-])C(C1CCC2OC2C1)C1CCC2OC2C1. The number of aliphatic carboxylic acids is 2. The number of carbonyl (C=O) groups excluding carboxylic acids is 2. The van der Waals surface area contributed by atoms with E-state index in [2.05, 4.69) is 0 Å². The molecular weight excluding hydrogens is 324 g/mol. The monoisotopic (exact) mass is 350 g/mol. The summed E-state index contributed by atoms with van der Waals surface area (Å²) in [5.74, 6) is -2.03. The van der Waals surface area contributed by atoms with Gasteiger partial charge in [0.1, 0.15) is 0 Å². The number of ether oxygens (including phenoxy) is 2. The minimum absolute atomic E-state index is 0.0436. The van der Waals surface area contributed by atoms with Crippen LogP contribution in [-0.2, 0) is 19.1 Å². The summed E-state index contributed by atoms with van der Waals surface area (Å²) in [5.41, 5.74) is 0. The first-order valence-electron chi connectivity index (χ1n) is 9.74. The lowest BCUT2D eigenvalue weighted by molar-refractivity contribution is -0.316. The van der Waals surface area contributed by atoms with Crippen LogP contribution in [0, 0.1) is 23.7 Å². The predicted molar refractivity (Wildman–Crippen MR) is 82.8 cm³/mol. The minimum atomic E-state index is -1.12. The van der Waals surface area contributed by atoms with Gasteiger partial charge in [0, 0.05) is 17.9 Å². The highest BCUT2D eigenvalue weighted by Gasteiger charge is 2.51. The molecule has 4 aliphatic rings. The van der Waals surface area contributed by atoms with E-state index in [1.165, 1.54) is 0 Å². The standard InChI is InChI=1S/C19H28O6/c20-17(21)3-1-2-12(19(22)23)18(10-4-6-13-15(8-10)24-13)11-5-7-14-16(9-11)25-14/h10-16,18H,1-9H2,(H,20,21)(H,22,23)/p-2. The summed E-state index contributed by atoms with van der Waals surface area (Å²) in [6.45, 7) is 0. The van der Waals surface area contributed by atoms with E-state index in [1.54, 1.807) is 0 Å². The summed E-state index contributed by atoms with van der Waals surface area (Å²) >= 11 is 0. The molecule has 2 aliphatic carbocycles. The minimum Gasteiger partial charge on any atom is -0.550 e. The number of carbonyl (C=O) groups is 2. The van der Waals surface area contributed by atoms with Gasteiger partial charge in [0.05, 0.1) is 24.4 Å². The van der Waals surface area contributed by atoms with Crippen molar-refractivity contribution in [3.63, 3.8) is 0 Å². The van der Waals surface area contributed by atoms with Crippen molar-refractivity contribution in [2.75, 3.05) is 0 Å². The molecule has 0 radical (unpaired) electrons. The Morgan fingerprint density at radius 3 is 1.88 bits per heavy atom. The fourth-order valence-electron chi connectivity index (χ4n) is 5.54. The molecule has 6 nitrogen and oxygen atoms in total. The predicted octanol–water partition coefficient (Wildman–Crippen LogP) is 0.0239. The summed E-state index contributed by atoms with van der Waals surface area (Å²) in [6, 6.07) is 0. The molecular formula is C19H26O6-2. The molecule has 6 heteroatoms. The second kappa shape index (κ2) is 6.88. The second-order valence-corrected chi connectivity index (χ2v) is 8.34. The fraction of sp³-hybridized carbons (Fsp3) is 0.895. The fourth-order valence-corrected chi connectivity index (χ4v) is 5.54. The smallest absolute Gasteiger partial charge is 0.0844 e. The van der Waals surface area contributed by atoms with Gasteiger partial charge in [-0.2, -0.15) is 0 Å². The number of rotatable bonds is 8.